The van der Waals surface area contributed by atoms with Crippen LogP contribution in [-0.4, -0.2) is 53.1 Å². The molecule has 1 aromatic heterocycles. The molecule has 1 aromatic rings. The fraction of sp³-hybridized carbons (Fsp3) is 0.750. The second-order valence-corrected chi connectivity index (χ2v) is 6.64. The fourth-order valence-electron chi connectivity index (χ4n) is 2.92. The van der Waals surface area contributed by atoms with Crippen molar-refractivity contribution in [3.63, 3.8) is 0 Å². The number of carbonyl (C=O) groups excluding carboxylic acids is 1. The Bertz CT molecular complexity index is 485. The standard InChI is InChI=1S/C16H28N4O2/c1-11(2)9-15(17)16(21)20-7-5-19(6-8-20)10-14-12(3)18-22-13(14)4/h11,15H,5-10,17H2,1-4H3/t15-/m0/s1. The highest BCUT2D eigenvalue weighted by molar-refractivity contribution is 5.81. The van der Waals surface area contributed by atoms with Gasteiger partial charge < -0.3 is 15.2 Å². The summed E-state index contributed by atoms with van der Waals surface area (Å²) in [5.41, 5.74) is 8.12. The average Bonchev–Trinajstić information content (AvgIpc) is 2.78. The van der Waals surface area contributed by atoms with E-state index in [1.807, 2.05) is 18.7 Å². The first-order chi connectivity index (χ1) is 10.4. The highest BCUT2D eigenvalue weighted by Gasteiger charge is 2.26. The van der Waals surface area contributed by atoms with E-state index < -0.39 is 0 Å². The van der Waals surface area contributed by atoms with E-state index in [0.29, 0.717) is 5.92 Å². The van der Waals surface area contributed by atoms with Crippen LogP contribution in [0.1, 0.15) is 37.3 Å². The van der Waals surface area contributed by atoms with Gasteiger partial charge in [-0.15, -0.1) is 0 Å². The van der Waals surface area contributed by atoms with Gasteiger partial charge >= 0.3 is 0 Å². The number of amides is 1. The summed E-state index contributed by atoms with van der Waals surface area (Å²) in [7, 11) is 0. The summed E-state index contributed by atoms with van der Waals surface area (Å²) in [4.78, 5) is 16.6. The van der Waals surface area contributed by atoms with Crippen LogP contribution in [0.4, 0.5) is 0 Å². The van der Waals surface area contributed by atoms with Gasteiger partial charge in [-0.1, -0.05) is 19.0 Å². The van der Waals surface area contributed by atoms with Crippen molar-refractivity contribution in [3.8, 4) is 0 Å². The second-order valence-electron chi connectivity index (χ2n) is 6.64. The Morgan fingerprint density at radius 1 is 1.27 bits per heavy atom. The quantitative estimate of drug-likeness (QED) is 0.887. The molecule has 1 amide bonds. The number of nitrogens with zero attached hydrogens (tertiary/aromatic N) is 3. The molecule has 1 saturated heterocycles. The maximum Gasteiger partial charge on any atom is 0.239 e. The van der Waals surface area contributed by atoms with Crippen LogP contribution in [0.15, 0.2) is 4.52 Å². The summed E-state index contributed by atoms with van der Waals surface area (Å²) in [5, 5.41) is 3.99. The molecule has 0 unspecified atom stereocenters. The first-order valence-corrected chi connectivity index (χ1v) is 8.07. The number of hydrogen-bond donors (Lipinski definition) is 1. The molecule has 1 aliphatic rings. The topological polar surface area (TPSA) is 75.6 Å². The van der Waals surface area contributed by atoms with Crippen LogP contribution >= 0.6 is 0 Å². The highest BCUT2D eigenvalue weighted by atomic mass is 16.5. The number of carbonyl (C=O) groups is 1. The predicted molar refractivity (Wildman–Crippen MR) is 85.3 cm³/mol. The van der Waals surface area contributed by atoms with Crippen LogP contribution in [-0.2, 0) is 11.3 Å². The lowest BCUT2D eigenvalue weighted by molar-refractivity contribution is -0.134. The monoisotopic (exact) mass is 308 g/mol. The van der Waals surface area contributed by atoms with Gasteiger partial charge in [0.2, 0.25) is 5.91 Å². The van der Waals surface area contributed by atoms with Gasteiger partial charge in [-0.3, -0.25) is 9.69 Å². The third-order valence-corrected chi connectivity index (χ3v) is 4.29. The maximum absolute atomic E-state index is 12.3. The van der Waals surface area contributed by atoms with Crippen LogP contribution in [0.2, 0.25) is 0 Å². The average molecular weight is 308 g/mol. The van der Waals surface area contributed by atoms with Crippen molar-refractivity contribution in [1.29, 1.82) is 0 Å². The molecule has 0 bridgehead atoms. The van der Waals surface area contributed by atoms with Gasteiger partial charge in [-0.05, 0) is 26.2 Å². The Labute approximate surface area is 132 Å². The number of rotatable bonds is 5. The first-order valence-electron chi connectivity index (χ1n) is 8.07. The summed E-state index contributed by atoms with van der Waals surface area (Å²) in [5.74, 6) is 1.42. The molecule has 22 heavy (non-hydrogen) atoms. The zero-order chi connectivity index (χ0) is 16.3. The molecule has 2 N–H and O–H groups in total. The van der Waals surface area contributed by atoms with Gasteiger partial charge in [-0.25, -0.2) is 0 Å². The summed E-state index contributed by atoms with van der Waals surface area (Å²) in [6.45, 7) is 12.2. The van der Waals surface area contributed by atoms with Gasteiger partial charge in [0.15, 0.2) is 0 Å². The minimum Gasteiger partial charge on any atom is -0.361 e. The van der Waals surface area contributed by atoms with Gasteiger partial charge in [-0.2, -0.15) is 0 Å². The Morgan fingerprint density at radius 2 is 1.91 bits per heavy atom. The molecule has 0 aliphatic carbocycles. The molecular weight excluding hydrogens is 280 g/mol. The van der Waals surface area contributed by atoms with E-state index in [1.54, 1.807) is 0 Å². The van der Waals surface area contributed by atoms with Crippen LogP contribution in [0.3, 0.4) is 0 Å². The van der Waals surface area contributed by atoms with Crippen molar-refractivity contribution in [3.05, 3.63) is 17.0 Å². The molecule has 6 heteroatoms. The number of aryl methyl sites for hydroxylation is 2. The van der Waals surface area contributed by atoms with E-state index in [-0.39, 0.29) is 11.9 Å². The molecule has 1 fully saturated rings. The third kappa shape index (κ3) is 4.08. The minimum absolute atomic E-state index is 0.0886. The molecule has 0 aromatic carbocycles. The second kappa shape index (κ2) is 7.24. The highest BCUT2D eigenvalue weighted by Crippen LogP contribution is 2.16. The predicted octanol–water partition coefficient (Wildman–Crippen LogP) is 1.31. The normalized spacial score (nSPS) is 18.0. The summed E-state index contributed by atoms with van der Waals surface area (Å²) < 4.78 is 5.21. The van der Waals surface area contributed by atoms with Crippen LogP contribution in [0.5, 0.6) is 0 Å². The van der Waals surface area contributed by atoms with Gasteiger partial charge in [0.25, 0.3) is 0 Å². The van der Waals surface area contributed by atoms with Crippen molar-refractivity contribution in [2.45, 2.75) is 46.7 Å². The van der Waals surface area contributed by atoms with E-state index in [0.717, 1.165) is 56.2 Å². The maximum atomic E-state index is 12.3. The fourth-order valence-corrected chi connectivity index (χ4v) is 2.92. The van der Waals surface area contributed by atoms with Crippen LogP contribution < -0.4 is 5.73 Å². The largest absolute Gasteiger partial charge is 0.361 e. The molecule has 0 spiro atoms. The summed E-state index contributed by atoms with van der Waals surface area (Å²) in [6.07, 6.45) is 0.748. The number of nitrogens with two attached hydrogens (primary N) is 1. The SMILES string of the molecule is Cc1noc(C)c1CN1CCN(C(=O)[C@@H](N)CC(C)C)CC1. The van der Waals surface area contributed by atoms with Crippen LogP contribution in [0.25, 0.3) is 0 Å². The number of hydrogen-bond acceptors (Lipinski definition) is 5. The smallest absolute Gasteiger partial charge is 0.239 e. The number of aromatic nitrogens is 1. The molecule has 2 heterocycles. The lowest BCUT2D eigenvalue weighted by atomic mass is 10.0. The molecular formula is C16H28N4O2. The minimum atomic E-state index is -0.367. The summed E-state index contributed by atoms with van der Waals surface area (Å²) >= 11 is 0. The van der Waals surface area contributed by atoms with Crippen molar-refractivity contribution in [1.82, 2.24) is 15.0 Å². The molecule has 1 aliphatic heterocycles. The lowest BCUT2D eigenvalue weighted by Gasteiger charge is -2.36. The third-order valence-electron chi connectivity index (χ3n) is 4.29. The Kier molecular flexibility index (Phi) is 5.58. The molecule has 6 nitrogen and oxygen atoms in total. The first kappa shape index (κ1) is 17.0. The summed E-state index contributed by atoms with van der Waals surface area (Å²) in [6, 6.07) is -0.367. The van der Waals surface area contributed by atoms with Crippen molar-refractivity contribution < 1.29 is 9.32 Å². The Hall–Kier alpha value is -1.40. The molecule has 1 atom stereocenters. The van der Waals surface area contributed by atoms with E-state index in [2.05, 4.69) is 23.9 Å². The van der Waals surface area contributed by atoms with Crippen molar-refractivity contribution >= 4 is 5.91 Å². The Balaban J connectivity index is 1.84. The van der Waals surface area contributed by atoms with Gasteiger partial charge in [0.1, 0.15) is 5.76 Å². The molecule has 124 valence electrons. The van der Waals surface area contributed by atoms with E-state index >= 15 is 0 Å². The zero-order valence-corrected chi connectivity index (χ0v) is 14.1. The van der Waals surface area contributed by atoms with Gasteiger partial charge in [0.05, 0.1) is 11.7 Å². The van der Waals surface area contributed by atoms with Crippen molar-refractivity contribution in [2.24, 2.45) is 11.7 Å². The molecule has 2 rings (SSSR count). The molecule has 0 radical (unpaired) electrons. The van der Waals surface area contributed by atoms with Crippen molar-refractivity contribution in [2.75, 3.05) is 26.2 Å². The number of piperazine rings is 1. The van der Waals surface area contributed by atoms with Crippen LogP contribution in [0, 0.1) is 19.8 Å². The lowest BCUT2D eigenvalue weighted by Crippen LogP contribution is -2.53. The molecule has 0 saturated carbocycles. The van der Waals surface area contributed by atoms with E-state index in [1.165, 1.54) is 0 Å². The van der Waals surface area contributed by atoms with E-state index in [4.69, 9.17) is 10.3 Å². The van der Waals surface area contributed by atoms with E-state index in [9.17, 15) is 4.79 Å². The van der Waals surface area contributed by atoms with Gasteiger partial charge in [0, 0.05) is 38.3 Å². The Morgan fingerprint density at radius 3 is 2.41 bits per heavy atom. The zero-order valence-electron chi connectivity index (χ0n) is 14.1.